The van der Waals surface area contributed by atoms with E-state index in [1.807, 2.05) is 27.7 Å². The zero-order valence-corrected chi connectivity index (χ0v) is 13.0. The molecule has 1 aromatic rings. The van der Waals surface area contributed by atoms with Crippen LogP contribution in [0.4, 0.5) is 5.95 Å². The van der Waals surface area contributed by atoms with E-state index in [0.29, 0.717) is 23.6 Å². The first-order valence-electron chi connectivity index (χ1n) is 6.95. The molecule has 0 aliphatic heterocycles. The Kier molecular flexibility index (Phi) is 11.9. The molecule has 1 rings (SSSR count). The van der Waals surface area contributed by atoms with Gasteiger partial charge in [-0.1, -0.05) is 48.0 Å². The molecule has 0 saturated carbocycles. The second-order valence-corrected chi connectivity index (χ2v) is 3.67. The van der Waals surface area contributed by atoms with Crippen molar-refractivity contribution < 1.29 is 4.79 Å². The molecular weight excluding hydrogens is 240 g/mol. The Bertz CT molecular complexity index is 366. The van der Waals surface area contributed by atoms with Gasteiger partial charge in [0.15, 0.2) is 0 Å². The number of carbonyl (C=O) groups excluding carboxylic acids is 1. The summed E-state index contributed by atoms with van der Waals surface area (Å²) >= 11 is 0. The summed E-state index contributed by atoms with van der Waals surface area (Å²) in [5.74, 6) is 0.115. The van der Waals surface area contributed by atoms with Crippen molar-refractivity contribution in [2.75, 3.05) is 5.73 Å². The maximum Gasteiger partial charge on any atom is 0.252 e. The molecule has 19 heavy (non-hydrogen) atoms. The molecule has 0 bridgehead atoms. The maximum atomic E-state index is 11.1. The average Bonchev–Trinajstić information content (AvgIpc) is 2.43. The largest absolute Gasteiger partial charge is 0.368 e. The number of anilines is 1. The second-order valence-electron chi connectivity index (χ2n) is 3.67. The van der Waals surface area contributed by atoms with Crippen LogP contribution in [0.15, 0.2) is 6.20 Å². The monoisotopic (exact) mass is 268 g/mol. The SMILES string of the molecule is CC.CC.CCC(C)Cc1nc(N)ncc1C(N)=O. The van der Waals surface area contributed by atoms with Gasteiger partial charge in [0.2, 0.25) is 5.95 Å². The van der Waals surface area contributed by atoms with Crippen molar-refractivity contribution >= 4 is 11.9 Å². The molecule has 0 saturated heterocycles. The first-order chi connectivity index (χ1) is 9.04. The number of rotatable bonds is 4. The summed E-state index contributed by atoms with van der Waals surface area (Å²) in [7, 11) is 0. The van der Waals surface area contributed by atoms with Crippen molar-refractivity contribution in [1.29, 1.82) is 0 Å². The maximum absolute atomic E-state index is 11.1. The zero-order valence-electron chi connectivity index (χ0n) is 13.0. The molecule has 1 atom stereocenters. The van der Waals surface area contributed by atoms with Crippen molar-refractivity contribution in [2.24, 2.45) is 11.7 Å². The third kappa shape index (κ3) is 7.39. The van der Waals surface area contributed by atoms with E-state index in [0.717, 1.165) is 6.42 Å². The fourth-order valence-corrected chi connectivity index (χ4v) is 1.27. The summed E-state index contributed by atoms with van der Waals surface area (Å²) in [5, 5.41) is 0. The zero-order chi connectivity index (χ0) is 15.4. The predicted octanol–water partition coefficient (Wildman–Crippen LogP) is 2.80. The molecule has 0 fully saturated rings. The number of aromatic nitrogens is 2. The summed E-state index contributed by atoms with van der Waals surface area (Å²) in [6.45, 7) is 12.2. The van der Waals surface area contributed by atoms with E-state index < -0.39 is 5.91 Å². The van der Waals surface area contributed by atoms with E-state index >= 15 is 0 Å². The van der Waals surface area contributed by atoms with E-state index in [1.54, 1.807) is 0 Å². The van der Waals surface area contributed by atoms with Crippen LogP contribution >= 0.6 is 0 Å². The summed E-state index contributed by atoms with van der Waals surface area (Å²) in [4.78, 5) is 18.9. The van der Waals surface area contributed by atoms with Gasteiger partial charge in [-0.3, -0.25) is 4.79 Å². The van der Waals surface area contributed by atoms with Crippen molar-refractivity contribution in [2.45, 2.75) is 54.4 Å². The number of primary amides is 1. The highest BCUT2D eigenvalue weighted by molar-refractivity contribution is 5.93. The Balaban J connectivity index is 0. The van der Waals surface area contributed by atoms with Crippen LogP contribution in [0.1, 0.15) is 64.0 Å². The Morgan fingerprint density at radius 3 is 2.26 bits per heavy atom. The molecule has 5 nitrogen and oxygen atoms in total. The number of nitrogens with two attached hydrogens (primary N) is 2. The molecule has 1 unspecified atom stereocenters. The number of hydrogen-bond acceptors (Lipinski definition) is 4. The van der Waals surface area contributed by atoms with Gasteiger partial charge in [0.25, 0.3) is 5.91 Å². The molecule has 5 heteroatoms. The molecule has 0 spiro atoms. The summed E-state index contributed by atoms with van der Waals surface area (Å²) in [5.41, 5.74) is 11.7. The number of nitrogen functional groups attached to an aromatic ring is 1. The minimum atomic E-state index is -0.506. The lowest BCUT2D eigenvalue weighted by Gasteiger charge is -2.10. The number of carbonyl (C=O) groups is 1. The highest BCUT2D eigenvalue weighted by Gasteiger charge is 2.13. The van der Waals surface area contributed by atoms with Crippen LogP contribution in [0.3, 0.4) is 0 Å². The quantitative estimate of drug-likeness (QED) is 0.877. The molecule has 0 aromatic carbocycles. The summed E-state index contributed by atoms with van der Waals surface area (Å²) in [6, 6.07) is 0. The van der Waals surface area contributed by atoms with Crippen molar-refractivity contribution in [1.82, 2.24) is 9.97 Å². The van der Waals surface area contributed by atoms with Crippen LogP contribution in [-0.4, -0.2) is 15.9 Å². The fourth-order valence-electron chi connectivity index (χ4n) is 1.27. The molecule has 0 radical (unpaired) electrons. The molecule has 4 N–H and O–H groups in total. The Labute approximate surface area is 116 Å². The first-order valence-corrected chi connectivity index (χ1v) is 6.95. The van der Waals surface area contributed by atoms with Crippen LogP contribution in [0.5, 0.6) is 0 Å². The van der Waals surface area contributed by atoms with Crippen LogP contribution in [0, 0.1) is 5.92 Å². The smallest absolute Gasteiger partial charge is 0.252 e. The number of amides is 1. The lowest BCUT2D eigenvalue weighted by Crippen LogP contribution is -2.17. The van der Waals surface area contributed by atoms with Crippen LogP contribution < -0.4 is 11.5 Å². The van der Waals surface area contributed by atoms with E-state index in [1.165, 1.54) is 6.20 Å². The van der Waals surface area contributed by atoms with Gasteiger partial charge in [-0.15, -0.1) is 0 Å². The van der Waals surface area contributed by atoms with Crippen LogP contribution in [0.25, 0.3) is 0 Å². The molecule has 0 aliphatic rings. The Morgan fingerprint density at radius 1 is 1.32 bits per heavy atom. The fraction of sp³-hybridized carbons (Fsp3) is 0.643. The third-order valence-electron chi connectivity index (χ3n) is 2.39. The number of hydrogen-bond donors (Lipinski definition) is 2. The van der Waals surface area contributed by atoms with Crippen LogP contribution in [-0.2, 0) is 6.42 Å². The van der Waals surface area contributed by atoms with E-state index in [2.05, 4.69) is 23.8 Å². The van der Waals surface area contributed by atoms with Gasteiger partial charge < -0.3 is 11.5 Å². The van der Waals surface area contributed by atoms with E-state index in [-0.39, 0.29) is 5.95 Å². The summed E-state index contributed by atoms with van der Waals surface area (Å²) < 4.78 is 0. The Hall–Kier alpha value is -1.65. The average molecular weight is 268 g/mol. The van der Waals surface area contributed by atoms with Gasteiger partial charge in [-0.05, 0) is 12.3 Å². The second kappa shape index (κ2) is 11.4. The van der Waals surface area contributed by atoms with Crippen molar-refractivity contribution in [3.05, 3.63) is 17.5 Å². The normalized spacial score (nSPS) is 10.4. The van der Waals surface area contributed by atoms with Gasteiger partial charge >= 0.3 is 0 Å². The van der Waals surface area contributed by atoms with E-state index in [9.17, 15) is 4.79 Å². The molecule has 1 aromatic heterocycles. The Morgan fingerprint density at radius 2 is 1.84 bits per heavy atom. The summed E-state index contributed by atoms with van der Waals surface area (Å²) in [6.07, 6.45) is 3.10. The molecule has 110 valence electrons. The van der Waals surface area contributed by atoms with Gasteiger partial charge in [-0.25, -0.2) is 9.97 Å². The van der Waals surface area contributed by atoms with E-state index in [4.69, 9.17) is 11.5 Å². The minimum absolute atomic E-state index is 0.179. The topological polar surface area (TPSA) is 94.9 Å². The predicted molar refractivity (Wildman–Crippen MR) is 80.8 cm³/mol. The van der Waals surface area contributed by atoms with Crippen molar-refractivity contribution in [3.63, 3.8) is 0 Å². The van der Waals surface area contributed by atoms with Gasteiger partial charge in [0, 0.05) is 6.20 Å². The lowest BCUT2D eigenvalue weighted by atomic mass is 10.00. The van der Waals surface area contributed by atoms with Gasteiger partial charge in [-0.2, -0.15) is 0 Å². The minimum Gasteiger partial charge on any atom is -0.368 e. The standard InChI is InChI=1S/C10H16N4O.2C2H6/c1-3-6(2)4-8-7(9(11)15)5-13-10(12)14-8;2*1-2/h5-6H,3-4H2,1-2H3,(H2,11,15)(H2,12,13,14);2*1-2H3. The molecule has 1 heterocycles. The molecule has 0 aliphatic carbocycles. The van der Waals surface area contributed by atoms with Crippen LogP contribution in [0.2, 0.25) is 0 Å². The van der Waals surface area contributed by atoms with Gasteiger partial charge in [0.05, 0.1) is 11.3 Å². The first kappa shape index (κ1) is 19.7. The number of nitrogens with zero attached hydrogens (tertiary/aromatic N) is 2. The third-order valence-corrected chi connectivity index (χ3v) is 2.39. The molecule has 1 amide bonds. The lowest BCUT2D eigenvalue weighted by molar-refractivity contribution is 0.0998. The highest BCUT2D eigenvalue weighted by Crippen LogP contribution is 2.13. The van der Waals surface area contributed by atoms with Crippen molar-refractivity contribution in [3.8, 4) is 0 Å². The highest BCUT2D eigenvalue weighted by atomic mass is 16.1. The molecular formula is C14H28N4O. The van der Waals surface area contributed by atoms with Gasteiger partial charge in [0.1, 0.15) is 0 Å².